The number of hydrogen-bond donors (Lipinski definition) is 0. The Hall–Kier alpha value is -0.0900. The lowest BCUT2D eigenvalue weighted by molar-refractivity contribution is 0.0354. The SMILES string of the molecule is CCCC(OCC1CO1)c1cc(Cl)ccc1Br. The third-order valence-electron chi connectivity index (χ3n) is 2.74. The Balaban J connectivity index is 2.08. The molecule has 1 fully saturated rings. The maximum Gasteiger partial charge on any atom is 0.104 e. The normalized spacial score (nSPS) is 20.3. The number of halogens is 2. The van der Waals surface area contributed by atoms with Gasteiger partial charge in [-0.1, -0.05) is 40.9 Å². The van der Waals surface area contributed by atoms with E-state index in [1.165, 1.54) is 0 Å². The lowest BCUT2D eigenvalue weighted by Gasteiger charge is -2.19. The van der Waals surface area contributed by atoms with Gasteiger partial charge in [0.2, 0.25) is 0 Å². The van der Waals surface area contributed by atoms with Crippen LogP contribution in [0, 0.1) is 0 Å². The van der Waals surface area contributed by atoms with Crippen LogP contribution in [0.4, 0.5) is 0 Å². The van der Waals surface area contributed by atoms with Gasteiger partial charge in [-0.05, 0) is 30.2 Å². The summed E-state index contributed by atoms with van der Waals surface area (Å²) in [6.45, 7) is 3.65. The van der Waals surface area contributed by atoms with E-state index in [4.69, 9.17) is 21.1 Å². The van der Waals surface area contributed by atoms with Gasteiger partial charge in [0.05, 0.1) is 19.3 Å². The van der Waals surface area contributed by atoms with Gasteiger partial charge in [-0.3, -0.25) is 0 Å². The van der Waals surface area contributed by atoms with Crippen molar-refractivity contribution in [3.05, 3.63) is 33.3 Å². The molecule has 0 spiro atoms. The van der Waals surface area contributed by atoms with Crippen molar-refractivity contribution in [1.29, 1.82) is 0 Å². The van der Waals surface area contributed by atoms with Crippen LogP contribution in [0.5, 0.6) is 0 Å². The molecule has 0 amide bonds. The highest BCUT2D eigenvalue weighted by atomic mass is 79.9. The zero-order valence-corrected chi connectivity index (χ0v) is 12.1. The van der Waals surface area contributed by atoms with Gasteiger partial charge in [-0.25, -0.2) is 0 Å². The zero-order valence-electron chi connectivity index (χ0n) is 9.79. The molecule has 1 aromatic rings. The molecule has 4 heteroatoms. The van der Waals surface area contributed by atoms with E-state index in [-0.39, 0.29) is 6.10 Å². The predicted octanol–water partition coefficient (Wildman–Crippen LogP) is 4.36. The van der Waals surface area contributed by atoms with Gasteiger partial charge in [0.15, 0.2) is 0 Å². The van der Waals surface area contributed by atoms with E-state index < -0.39 is 0 Å². The molecule has 1 aromatic carbocycles. The third-order valence-corrected chi connectivity index (χ3v) is 3.70. The van der Waals surface area contributed by atoms with Crippen LogP contribution in [-0.2, 0) is 9.47 Å². The van der Waals surface area contributed by atoms with Crippen molar-refractivity contribution in [2.75, 3.05) is 13.2 Å². The van der Waals surface area contributed by atoms with Crippen molar-refractivity contribution in [1.82, 2.24) is 0 Å². The Morgan fingerprint density at radius 1 is 1.59 bits per heavy atom. The van der Waals surface area contributed by atoms with Crippen LogP contribution < -0.4 is 0 Å². The highest BCUT2D eigenvalue weighted by Gasteiger charge is 2.25. The molecule has 1 aliphatic heterocycles. The van der Waals surface area contributed by atoms with E-state index in [9.17, 15) is 0 Å². The molecule has 0 aliphatic carbocycles. The highest BCUT2D eigenvalue weighted by molar-refractivity contribution is 9.10. The Labute approximate surface area is 115 Å². The average Bonchev–Trinajstić information content (AvgIpc) is 3.12. The molecule has 1 heterocycles. The zero-order chi connectivity index (χ0) is 12.3. The summed E-state index contributed by atoms with van der Waals surface area (Å²) in [4.78, 5) is 0. The van der Waals surface area contributed by atoms with Gasteiger partial charge < -0.3 is 9.47 Å². The van der Waals surface area contributed by atoms with Crippen molar-refractivity contribution in [3.63, 3.8) is 0 Å². The van der Waals surface area contributed by atoms with Crippen molar-refractivity contribution < 1.29 is 9.47 Å². The maximum absolute atomic E-state index is 6.04. The molecule has 94 valence electrons. The Kier molecular flexibility index (Phi) is 4.86. The van der Waals surface area contributed by atoms with Crippen LogP contribution in [0.3, 0.4) is 0 Å². The first-order valence-electron chi connectivity index (χ1n) is 5.89. The Morgan fingerprint density at radius 2 is 2.35 bits per heavy atom. The molecule has 1 aliphatic rings. The number of ether oxygens (including phenoxy) is 2. The van der Waals surface area contributed by atoms with Crippen LogP contribution in [0.2, 0.25) is 5.02 Å². The highest BCUT2D eigenvalue weighted by Crippen LogP contribution is 2.32. The number of rotatable bonds is 6. The van der Waals surface area contributed by atoms with Gasteiger partial charge in [-0.2, -0.15) is 0 Å². The van der Waals surface area contributed by atoms with Crippen molar-refractivity contribution in [3.8, 4) is 0 Å². The molecule has 2 unspecified atom stereocenters. The first-order chi connectivity index (χ1) is 8.20. The molecular formula is C13H16BrClO2. The summed E-state index contributed by atoms with van der Waals surface area (Å²) in [6, 6.07) is 5.82. The van der Waals surface area contributed by atoms with E-state index in [2.05, 4.69) is 22.9 Å². The summed E-state index contributed by atoms with van der Waals surface area (Å²) in [6.07, 6.45) is 2.46. The smallest absolute Gasteiger partial charge is 0.104 e. The second-order valence-corrected chi connectivity index (χ2v) is 5.52. The van der Waals surface area contributed by atoms with Crippen molar-refractivity contribution in [2.24, 2.45) is 0 Å². The fourth-order valence-electron chi connectivity index (χ4n) is 1.74. The fraction of sp³-hybridized carbons (Fsp3) is 0.538. The minimum absolute atomic E-state index is 0.0947. The molecule has 2 atom stereocenters. The van der Waals surface area contributed by atoms with Crippen LogP contribution in [0.1, 0.15) is 31.4 Å². The first kappa shape index (κ1) is 13.3. The quantitative estimate of drug-likeness (QED) is 0.727. The number of benzene rings is 1. The summed E-state index contributed by atoms with van der Waals surface area (Å²) < 4.78 is 12.1. The molecule has 0 radical (unpaired) electrons. The molecule has 2 nitrogen and oxygen atoms in total. The lowest BCUT2D eigenvalue weighted by Crippen LogP contribution is -2.09. The van der Waals surface area contributed by atoms with Crippen LogP contribution in [0.25, 0.3) is 0 Å². The molecule has 1 saturated heterocycles. The summed E-state index contributed by atoms with van der Waals surface area (Å²) in [7, 11) is 0. The van der Waals surface area contributed by atoms with E-state index in [1.807, 2.05) is 18.2 Å². The molecule has 0 N–H and O–H groups in total. The second-order valence-electron chi connectivity index (χ2n) is 4.23. The Bertz CT molecular complexity index is 380. The molecular weight excluding hydrogens is 303 g/mol. The van der Waals surface area contributed by atoms with Crippen LogP contribution in [0.15, 0.2) is 22.7 Å². The molecule has 0 aromatic heterocycles. The van der Waals surface area contributed by atoms with Gasteiger partial charge in [0, 0.05) is 9.50 Å². The van der Waals surface area contributed by atoms with Crippen LogP contribution >= 0.6 is 27.5 Å². The fourth-order valence-corrected chi connectivity index (χ4v) is 2.42. The monoisotopic (exact) mass is 318 g/mol. The Morgan fingerprint density at radius 3 is 3.00 bits per heavy atom. The van der Waals surface area contributed by atoms with E-state index >= 15 is 0 Å². The third kappa shape index (κ3) is 3.95. The topological polar surface area (TPSA) is 21.8 Å². The average molecular weight is 320 g/mol. The molecule has 0 saturated carbocycles. The standard InChI is InChI=1S/C13H16BrClO2/c1-2-3-13(17-8-10-7-16-10)11-6-9(15)4-5-12(11)14/h4-6,10,13H,2-3,7-8H2,1H3. The van der Waals surface area contributed by atoms with Crippen LogP contribution in [-0.4, -0.2) is 19.3 Å². The minimum atomic E-state index is 0.0947. The summed E-state index contributed by atoms with van der Waals surface area (Å²) in [5, 5.41) is 0.746. The van der Waals surface area contributed by atoms with Gasteiger partial charge in [0.25, 0.3) is 0 Å². The van der Waals surface area contributed by atoms with Gasteiger partial charge in [-0.15, -0.1) is 0 Å². The van der Waals surface area contributed by atoms with E-state index in [0.717, 1.165) is 34.5 Å². The second kappa shape index (κ2) is 6.19. The summed E-state index contributed by atoms with van der Waals surface area (Å²) in [5.74, 6) is 0. The lowest BCUT2D eigenvalue weighted by atomic mass is 10.1. The first-order valence-corrected chi connectivity index (χ1v) is 7.06. The van der Waals surface area contributed by atoms with Gasteiger partial charge in [0.1, 0.15) is 6.10 Å². The molecule has 2 rings (SSSR count). The number of hydrogen-bond acceptors (Lipinski definition) is 2. The van der Waals surface area contributed by atoms with Gasteiger partial charge >= 0.3 is 0 Å². The largest absolute Gasteiger partial charge is 0.371 e. The summed E-state index contributed by atoms with van der Waals surface area (Å²) in [5.41, 5.74) is 1.13. The van der Waals surface area contributed by atoms with Crippen molar-refractivity contribution in [2.45, 2.75) is 32.0 Å². The maximum atomic E-state index is 6.04. The predicted molar refractivity (Wildman–Crippen MR) is 72.5 cm³/mol. The summed E-state index contributed by atoms with van der Waals surface area (Å²) >= 11 is 9.59. The number of epoxide rings is 1. The minimum Gasteiger partial charge on any atom is -0.371 e. The molecule has 0 bridgehead atoms. The van der Waals surface area contributed by atoms with E-state index in [1.54, 1.807) is 0 Å². The van der Waals surface area contributed by atoms with Crippen molar-refractivity contribution >= 4 is 27.5 Å². The van der Waals surface area contributed by atoms with E-state index in [0.29, 0.717) is 12.7 Å². The molecule has 17 heavy (non-hydrogen) atoms.